The van der Waals surface area contributed by atoms with Gasteiger partial charge in [-0.15, -0.1) is 0 Å². The van der Waals surface area contributed by atoms with Gasteiger partial charge in [0.25, 0.3) is 0 Å². The molecule has 0 spiro atoms. The normalized spacial score (nSPS) is 13.4. The molecular formula is C2H3ClO3S. The Bertz CT molecular complexity index is 73.3. The van der Waals surface area contributed by atoms with Crippen LogP contribution < -0.4 is 0 Å². The summed E-state index contributed by atoms with van der Waals surface area (Å²) < 4.78 is 9.75. The standard InChI is InChI=1S/C2H3ClO3S/c3-7(6)1-2(4)5/h1H2,(H,4,5). The molecule has 0 aliphatic heterocycles. The molecule has 0 saturated heterocycles. The molecule has 1 unspecified atom stereocenters. The Balaban J connectivity index is 3.13. The summed E-state index contributed by atoms with van der Waals surface area (Å²) in [6.07, 6.45) is 0. The van der Waals surface area contributed by atoms with E-state index in [-0.39, 0.29) is 0 Å². The highest BCUT2D eigenvalue weighted by Crippen LogP contribution is 1.93. The molecule has 0 amide bonds. The molecule has 42 valence electrons. The van der Waals surface area contributed by atoms with Gasteiger partial charge in [-0.2, -0.15) is 0 Å². The molecule has 1 N–H and O–H groups in total. The Morgan fingerprint density at radius 1 is 2.00 bits per heavy atom. The Labute approximate surface area is 48.0 Å². The van der Waals surface area contributed by atoms with Gasteiger partial charge in [-0.05, 0) is 0 Å². The van der Waals surface area contributed by atoms with Gasteiger partial charge in [0.2, 0.25) is 5.75 Å². The quantitative estimate of drug-likeness (QED) is 0.551. The zero-order chi connectivity index (χ0) is 5.86. The lowest BCUT2D eigenvalue weighted by molar-refractivity contribution is -0.134. The summed E-state index contributed by atoms with van der Waals surface area (Å²) in [5.41, 5.74) is 0. The molecule has 0 rings (SSSR count). The highest BCUT2D eigenvalue weighted by molar-refractivity contribution is 8.14. The van der Waals surface area contributed by atoms with Crippen LogP contribution in [0.5, 0.6) is 0 Å². The maximum atomic E-state index is 9.75. The van der Waals surface area contributed by atoms with Gasteiger partial charge in [-0.3, -0.25) is 0 Å². The molecule has 0 aliphatic carbocycles. The molecule has 0 aromatic rings. The van der Waals surface area contributed by atoms with Gasteiger partial charge >= 0.3 is 5.97 Å². The summed E-state index contributed by atoms with van der Waals surface area (Å²) in [7, 11) is 3.04. The molecule has 0 aromatic heterocycles. The maximum absolute atomic E-state index is 9.75. The van der Waals surface area contributed by atoms with Gasteiger partial charge in [-0.1, -0.05) is 0 Å². The van der Waals surface area contributed by atoms with E-state index in [1.54, 1.807) is 0 Å². The van der Waals surface area contributed by atoms with Crippen molar-refractivity contribution in [1.29, 1.82) is 0 Å². The van der Waals surface area contributed by atoms with Crippen LogP contribution in [0.3, 0.4) is 0 Å². The van der Waals surface area contributed by atoms with Crippen LogP contribution in [0.25, 0.3) is 0 Å². The monoisotopic (exact) mass is 142 g/mol. The minimum Gasteiger partial charge on any atom is -0.599 e. The fraction of sp³-hybridized carbons (Fsp3) is 0.500. The summed E-state index contributed by atoms with van der Waals surface area (Å²) >= 11 is 0. The molecule has 1 atom stereocenters. The van der Waals surface area contributed by atoms with E-state index in [1.807, 2.05) is 0 Å². The Morgan fingerprint density at radius 2 is 2.43 bits per heavy atom. The molecule has 0 aromatic carbocycles. The van der Waals surface area contributed by atoms with Gasteiger partial charge in [0.15, 0.2) is 10.7 Å². The van der Waals surface area contributed by atoms with Crippen molar-refractivity contribution in [3.8, 4) is 0 Å². The first kappa shape index (κ1) is 7.07. The van der Waals surface area contributed by atoms with Crippen molar-refractivity contribution in [2.75, 3.05) is 5.75 Å². The lowest BCUT2D eigenvalue weighted by Crippen LogP contribution is -2.08. The summed E-state index contributed by atoms with van der Waals surface area (Å²) in [4.78, 5) is 9.53. The summed E-state index contributed by atoms with van der Waals surface area (Å²) in [5, 5.41) is 7.81. The molecule has 0 bridgehead atoms. The zero-order valence-corrected chi connectivity index (χ0v) is 4.83. The molecule has 0 heterocycles. The van der Waals surface area contributed by atoms with Crippen molar-refractivity contribution in [2.24, 2.45) is 0 Å². The Kier molecular flexibility index (Phi) is 3.15. The second kappa shape index (κ2) is 3.12. The predicted molar refractivity (Wildman–Crippen MR) is 26.5 cm³/mol. The van der Waals surface area contributed by atoms with E-state index in [0.29, 0.717) is 0 Å². The van der Waals surface area contributed by atoms with E-state index in [2.05, 4.69) is 0 Å². The SMILES string of the molecule is O=C(O)C[S+]([O-])Cl. The van der Waals surface area contributed by atoms with Crippen LogP contribution in [0.4, 0.5) is 0 Å². The number of rotatable bonds is 2. The van der Waals surface area contributed by atoms with Crippen LogP contribution in [0, 0.1) is 0 Å². The van der Waals surface area contributed by atoms with Crippen LogP contribution in [0.15, 0.2) is 0 Å². The van der Waals surface area contributed by atoms with Crippen LogP contribution in [-0.2, 0) is 15.2 Å². The first-order valence-electron chi connectivity index (χ1n) is 1.39. The number of carboxylic acid groups (broad SMARTS) is 1. The van der Waals surface area contributed by atoms with E-state index in [1.165, 1.54) is 0 Å². The minimum atomic E-state index is -1.72. The van der Waals surface area contributed by atoms with E-state index in [4.69, 9.17) is 15.8 Å². The number of hydrogen-bond acceptors (Lipinski definition) is 2. The molecule has 5 heteroatoms. The molecule has 0 saturated carbocycles. The van der Waals surface area contributed by atoms with E-state index in [9.17, 15) is 9.35 Å². The molecule has 0 fully saturated rings. The van der Waals surface area contributed by atoms with Crippen molar-refractivity contribution >= 4 is 27.0 Å². The maximum Gasteiger partial charge on any atom is 0.355 e. The van der Waals surface area contributed by atoms with E-state index < -0.39 is 22.1 Å². The van der Waals surface area contributed by atoms with Gasteiger partial charge in [0.1, 0.15) is 0 Å². The number of carbonyl (C=O) groups is 1. The van der Waals surface area contributed by atoms with Crippen LogP contribution >= 0.6 is 10.7 Å². The first-order chi connectivity index (χ1) is 3.13. The minimum absolute atomic E-state index is 0.485. The van der Waals surface area contributed by atoms with Gasteiger partial charge in [0, 0.05) is 0 Å². The number of hydrogen-bond donors (Lipinski definition) is 1. The van der Waals surface area contributed by atoms with Crippen molar-refractivity contribution in [1.82, 2.24) is 0 Å². The van der Waals surface area contributed by atoms with Crippen LogP contribution in [-0.4, -0.2) is 21.4 Å². The van der Waals surface area contributed by atoms with E-state index in [0.717, 1.165) is 0 Å². The lowest BCUT2D eigenvalue weighted by atomic mass is 10.8. The van der Waals surface area contributed by atoms with Gasteiger partial charge in [0.05, 0.1) is 10.4 Å². The number of carboxylic acids is 1. The third kappa shape index (κ3) is 6.07. The van der Waals surface area contributed by atoms with Crippen molar-refractivity contribution in [2.45, 2.75) is 0 Å². The zero-order valence-electron chi connectivity index (χ0n) is 3.26. The average Bonchev–Trinajstić information content (AvgIpc) is 1.27. The predicted octanol–water partition coefficient (Wildman–Crippen LogP) is -0.0265. The number of halogens is 1. The fourth-order valence-corrected chi connectivity index (χ4v) is 0.571. The molecule has 0 aliphatic rings. The summed E-state index contributed by atoms with van der Waals surface area (Å²) in [5.74, 6) is -1.63. The Morgan fingerprint density at radius 3 is 2.43 bits per heavy atom. The van der Waals surface area contributed by atoms with Crippen molar-refractivity contribution < 1.29 is 14.5 Å². The average molecular weight is 143 g/mol. The molecule has 0 radical (unpaired) electrons. The number of aliphatic carboxylic acids is 1. The third-order valence-corrected chi connectivity index (χ3v) is 1.04. The fourth-order valence-electron chi connectivity index (χ4n) is 0.0971. The highest BCUT2D eigenvalue weighted by Gasteiger charge is 2.06. The smallest absolute Gasteiger partial charge is 0.355 e. The third-order valence-electron chi connectivity index (χ3n) is 0.237. The highest BCUT2D eigenvalue weighted by atomic mass is 35.7. The molecule has 7 heavy (non-hydrogen) atoms. The molecular weight excluding hydrogens is 140 g/mol. The largest absolute Gasteiger partial charge is 0.599 e. The van der Waals surface area contributed by atoms with Crippen molar-refractivity contribution in [3.63, 3.8) is 0 Å². The van der Waals surface area contributed by atoms with Crippen LogP contribution in [0.1, 0.15) is 0 Å². The first-order valence-corrected chi connectivity index (χ1v) is 3.54. The lowest BCUT2D eigenvalue weighted by Gasteiger charge is -1.91. The van der Waals surface area contributed by atoms with Crippen molar-refractivity contribution in [3.05, 3.63) is 0 Å². The summed E-state index contributed by atoms with van der Waals surface area (Å²) in [6, 6.07) is 0. The van der Waals surface area contributed by atoms with Gasteiger partial charge in [-0.25, -0.2) is 4.79 Å². The van der Waals surface area contributed by atoms with E-state index >= 15 is 0 Å². The second-order valence-electron chi connectivity index (χ2n) is 0.828. The topological polar surface area (TPSA) is 60.4 Å². The van der Waals surface area contributed by atoms with Gasteiger partial charge < -0.3 is 9.66 Å². The Hall–Kier alpha value is 0.0700. The second-order valence-corrected chi connectivity index (χ2v) is 2.73. The molecule has 3 nitrogen and oxygen atoms in total. The van der Waals surface area contributed by atoms with Crippen LogP contribution in [0.2, 0.25) is 0 Å². The summed E-state index contributed by atoms with van der Waals surface area (Å²) in [6.45, 7) is 0.